The maximum atomic E-state index is 12.4. The number of carbonyl (C=O) groups excluding carboxylic acids is 2. The molecular formula is C60H111NO5. The van der Waals surface area contributed by atoms with E-state index in [0.29, 0.717) is 25.9 Å². The van der Waals surface area contributed by atoms with Crippen LogP contribution in [0.2, 0.25) is 0 Å². The number of hydrogen-bond donors (Lipinski definition) is 3. The van der Waals surface area contributed by atoms with Gasteiger partial charge in [-0.15, -0.1) is 0 Å². The Kier molecular flexibility index (Phi) is 53.6. The van der Waals surface area contributed by atoms with Crippen LogP contribution in [0.5, 0.6) is 0 Å². The number of aliphatic hydroxyl groups is 2. The Morgan fingerprint density at radius 3 is 1.18 bits per heavy atom. The van der Waals surface area contributed by atoms with Crippen LogP contribution in [0.3, 0.4) is 0 Å². The van der Waals surface area contributed by atoms with E-state index in [4.69, 9.17) is 4.74 Å². The molecule has 3 N–H and O–H groups in total. The minimum atomic E-state index is -0.670. The van der Waals surface area contributed by atoms with Crippen LogP contribution in [0.4, 0.5) is 0 Å². The number of ether oxygens (including phenoxy) is 1. The highest BCUT2D eigenvalue weighted by molar-refractivity contribution is 5.76. The summed E-state index contributed by atoms with van der Waals surface area (Å²) in [4.78, 5) is 24.5. The van der Waals surface area contributed by atoms with Crippen molar-refractivity contribution >= 4 is 11.9 Å². The summed E-state index contributed by atoms with van der Waals surface area (Å²) in [7, 11) is 0. The minimum Gasteiger partial charge on any atom is -0.466 e. The Bertz CT molecular complexity index is 1110. The molecule has 0 aliphatic rings. The predicted molar refractivity (Wildman–Crippen MR) is 287 cm³/mol. The van der Waals surface area contributed by atoms with Crippen LogP contribution >= 0.6 is 0 Å². The third-order valence-electron chi connectivity index (χ3n) is 13.1. The number of hydrogen-bond acceptors (Lipinski definition) is 5. The molecule has 0 aromatic carbocycles. The first kappa shape index (κ1) is 63.8. The molecule has 2 unspecified atom stereocenters. The first-order chi connectivity index (χ1) is 32.5. The van der Waals surface area contributed by atoms with Gasteiger partial charge in [0.1, 0.15) is 0 Å². The van der Waals surface area contributed by atoms with Crippen LogP contribution in [-0.4, -0.2) is 47.4 Å². The van der Waals surface area contributed by atoms with E-state index in [9.17, 15) is 19.8 Å². The lowest BCUT2D eigenvalue weighted by molar-refractivity contribution is -0.143. The van der Waals surface area contributed by atoms with E-state index in [0.717, 1.165) is 70.6 Å². The van der Waals surface area contributed by atoms with E-state index in [1.165, 1.54) is 193 Å². The molecule has 0 radical (unpaired) electrons. The van der Waals surface area contributed by atoms with Crippen LogP contribution in [0.25, 0.3) is 0 Å². The van der Waals surface area contributed by atoms with E-state index in [2.05, 4.69) is 67.8 Å². The second kappa shape index (κ2) is 55.4. The van der Waals surface area contributed by atoms with Gasteiger partial charge < -0.3 is 20.3 Å². The highest BCUT2D eigenvalue weighted by Crippen LogP contribution is 2.16. The number of unbranched alkanes of at least 4 members (excludes halogenated alkanes) is 34. The molecular weight excluding hydrogens is 815 g/mol. The third kappa shape index (κ3) is 51.2. The highest BCUT2D eigenvalue weighted by atomic mass is 16.5. The Morgan fingerprint density at radius 1 is 0.424 bits per heavy atom. The van der Waals surface area contributed by atoms with Gasteiger partial charge in [0.2, 0.25) is 5.91 Å². The fourth-order valence-corrected chi connectivity index (χ4v) is 8.64. The molecule has 0 spiro atoms. The first-order valence-corrected chi connectivity index (χ1v) is 28.9. The average molecular weight is 927 g/mol. The number of allylic oxidation sites excluding steroid dienone is 8. The summed E-state index contributed by atoms with van der Waals surface area (Å²) in [5.41, 5.74) is 0. The van der Waals surface area contributed by atoms with Crippen molar-refractivity contribution in [2.24, 2.45) is 0 Å². The zero-order chi connectivity index (χ0) is 47.9. The number of aliphatic hydroxyl groups excluding tert-OH is 2. The molecule has 6 heteroatoms. The van der Waals surface area contributed by atoms with Gasteiger partial charge in [0, 0.05) is 12.8 Å². The number of esters is 1. The molecule has 0 bridgehead atoms. The van der Waals surface area contributed by atoms with Gasteiger partial charge in [-0.1, -0.05) is 242 Å². The third-order valence-corrected chi connectivity index (χ3v) is 13.1. The molecule has 0 fully saturated rings. The Hall–Kier alpha value is -2.18. The van der Waals surface area contributed by atoms with Crippen molar-refractivity contribution in [1.82, 2.24) is 5.32 Å². The summed E-state index contributed by atoms with van der Waals surface area (Å²) in [6.45, 7) is 4.90. The van der Waals surface area contributed by atoms with E-state index >= 15 is 0 Å². The van der Waals surface area contributed by atoms with Gasteiger partial charge >= 0.3 is 5.97 Å². The van der Waals surface area contributed by atoms with Crippen LogP contribution in [0.1, 0.15) is 296 Å². The lowest BCUT2D eigenvalue weighted by Gasteiger charge is -2.22. The van der Waals surface area contributed by atoms with Crippen molar-refractivity contribution in [1.29, 1.82) is 0 Å². The summed E-state index contributed by atoms with van der Waals surface area (Å²) in [6.07, 6.45) is 69.6. The smallest absolute Gasteiger partial charge is 0.305 e. The molecule has 0 aromatic rings. The normalized spacial score (nSPS) is 13.0. The van der Waals surface area contributed by atoms with Crippen molar-refractivity contribution in [2.45, 2.75) is 309 Å². The monoisotopic (exact) mass is 926 g/mol. The molecule has 0 aliphatic carbocycles. The molecule has 2 atom stereocenters. The largest absolute Gasteiger partial charge is 0.466 e. The zero-order valence-corrected chi connectivity index (χ0v) is 43.9. The van der Waals surface area contributed by atoms with Crippen LogP contribution in [-0.2, 0) is 14.3 Å². The van der Waals surface area contributed by atoms with Crippen LogP contribution in [0, 0.1) is 0 Å². The molecule has 0 saturated heterocycles. The van der Waals surface area contributed by atoms with Gasteiger partial charge in [0.15, 0.2) is 0 Å². The number of amides is 1. The molecule has 0 saturated carbocycles. The lowest BCUT2D eigenvalue weighted by Crippen LogP contribution is -2.45. The van der Waals surface area contributed by atoms with Gasteiger partial charge in [-0.2, -0.15) is 0 Å². The number of nitrogens with one attached hydrogen (secondary N) is 1. The number of rotatable bonds is 53. The Balaban J connectivity index is 3.45. The standard InChI is InChI=1S/C60H111NO5/c1-3-5-7-9-11-13-15-16-26-30-34-38-42-46-50-54-60(65)66-55-51-47-43-39-35-31-28-25-23-21-19-17-18-20-22-24-27-29-33-37-41-45-49-53-59(64)61-57(56-62)58(63)52-48-44-40-36-32-14-12-10-8-6-4-2/h11,13,16-17,19-20,22,26,57-58,62-63H,3-10,12,14-15,18,21,23-25,27-56H2,1-2H3,(H,61,64)/b13-11-,19-17-,22-20-,26-16-. The summed E-state index contributed by atoms with van der Waals surface area (Å²) < 4.78 is 5.47. The number of carbonyl (C=O) groups is 2. The highest BCUT2D eigenvalue weighted by Gasteiger charge is 2.20. The summed E-state index contributed by atoms with van der Waals surface area (Å²) >= 11 is 0. The molecule has 6 nitrogen and oxygen atoms in total. The van der Waals surface area contributed by atoms with Crippen LogP contribution < -0.4 is 5.32 Å². The Labute approximate surface area is 410 Å². The SMILES string of the molecule is CCCCC/C=C\C/C=C\CCCCCCCC(=O)OCCCCCCCCCCC/C=C\C/C=C\CCCCCCCCCC(=O)NC(CO)C(O)CCCCCCCCCCCCC. The second-order valence-electron chi connectivity index (χ2n) is 19.6. The topological polar surface area (TPSA) is 95.9 Å². The molecule has 1 amide bonds. The maximum absolute atomic E-state index is 12.4. The zero-order valence-electron chi connectivity index (χ0n) is 43.9. The molecule has 0 aromatic heterocycles. The molecule has 0 aliphatic heterocycles. The predicted octanol–water partition coefficient (Wildman–Crippen LogP) is 17.8. The van der Waals surface area contributed by atoms with E-state index < -0.39 is 12.1 Å². The summed E-state index contributed by atoms with van der Waals surface area (Å²) in [5, 5.41) is 23.2. The summed E-state index contributed by atoms with van der Waals surface area (Å²) in [5.74, 6) is -0.0548. The van der Waals surface area contributed by atoms with Crippen molar-refractivity contribution in [2.75, 3.05) is 13.2 Å². The lowest BCUT2D eigenvalue weighted by atomic mass is 10.0. The van der Waals surface area contributed by atoms with E-state index in [1.807, 2.05) is 0 Å². The average Bonchev–Trinajstić information content (AvgIpc) is 3.32. The van der Waals surface area contributed by atoms with Gasteiger partial charge in [0.05, 0.1) is 25.4 Å². The van der Waals surface area contributed by atoms with E-state index in [1.54, 1.807) is 0 Å². The Morgan fingerprint density at radius 2 is 0.758 bits per heavy atom. The van der Waals surface area contributed by atoms with Crippen molar-refractivity contribution in [3.63, 3.8) is 0 Å². The quantitative estimate of drug-likeness (QED) is 0.0321. The van der Waals surface area contributed by atoms with Crippen molar-refractivity contribution in [3.8, 4) is 0 Å². The van der Waals surface area contributed by atoms with Gasteiger partial charge in [0.25, 0.3) is 0 Å². The molecule has 66 heavy (non-hydrogen) atoms. The van der Waals surface area contributed by atoms with Gasteiger partial charge in [-0.05, 0) is 89.9 Å². The maximum Gasteiger partial charge on any atom is 0.305 e. The summed E-state index contributed by atoms with van der Waals surface area (Å²) in [6, 6.07) is -0.548. The van der Waals surface area contributed by atoms with Gasteiger partial charge in [-0.3, -0.25) is 9.59 Å². The van der Waals surface area contributed by atoms with Crippen molar-refractivity contribution in [3.05, 3.63) is 48.6 Å². The minimum absolute atomic E-state index is 0.00757. The fraction of sp³-hybridized carbons (Fsp3) is 0.833. The molecule has 0 rings (SSSR count). The van der Waals surface area contributed by atoms with E-state index in [-0.39, 0.29) is 18.5 Å². The van der Waals surface area contributed by atoms with Crippen LogP contribution in [0.15, 0.2) is 48.6 Å². The fourth-order valence-electron chi connectivity index (χ4n) is 8.64. The molecule has 386 valence electrons. The second-order valence-corrected chi connectivity index (χ2v) is 19.6. The first-order valence-electron chi connectivity index (χ1n) is 28.9. The van der Waals surface area contributed by atoms with Gasteiger partial charge in [-0.25, -0.2) is 0 Å². The van der Waals surface area contributed by atoms with Crippen molar-refractivity contribution < 1.29 is 24.5 Å². The molecule has 0 heterocycles.